The van der Waals surface area contributed by atoms with Gasteiger partial charge in [0.05, 0.1) is 18.0 Å². The van der Waals surface area contributed by atoms with E-state index in [1.165, 1.54) is 28.8 Å². The minimum atomic E-state index is -0.242. The van der Waals surface area contributed by atoms with Crippen molar-refractivity contribution in [2.45, 2.75) is 73.6 Å². The van der Waals surface area contributed by atoms with Gasteiger partial charge in [-0.1, -0.05) is 63.6 Å². The standard InChI is InChI=1S/C34H43FN4/c1-22(2)30-11-9-12-31(23(3)4)33(30)36-27(8)38-17-10-18-39(21-38)34(28-13-15-29(35)16-14-28)37-32-25(6)19-24(5)20-26(32)7/h9,11-16,19-20,22-23H,10,17-18,21H2,1-8H3. The zero-order chi connectivity index (χ0) is 28.3. The highest BCUT2D eigenvalue weighted by Gasteiger charge is 2.24. The predicted molar refractivity (Wildman–Crippen MR) is 164 cm³/mol. The van der Waals surface area contributed by atoms with Crippen LogP contribution in [0.15, 0.2) is 64.6 Å². The number of nitrogens with zero attached hydrogens (tertiary/aromatic N) is 4. The van der Waals surface area contributed by atoms with E-state index in [9.17, 15) is 4.39 Å². The highest BCUT2D eigenvalue weighted by atomic mass is 19.1. The van der Waals surface area contributed by atoms with E-state index in [-0.39, 0.29) is 5.82 Å². The maximum absolute atomic E-state index is 13.9. The van der Waals surface area contributed by atoms with Crippen molar-refractivity contribution in [2.24, 2.45) is 9.98 Å². The van der Waals surface area contributed by atoms with Gasteiger partial charge in [0.2, 0.25) is 0 Å². The monoisotopic (exact) mass is 526 g/mol. The summed E-state index contributed by atoms with van der Waals surface area (Å²) in [5, 5.41) is 0. The van der Waals surface area contributed by atoms with Crippen LogP contribution in [0.2, 0.25) is 0 Å². The molecule has 3 aromatic carbocycles. The second-order valence-corrected chi connectivity index (χ2v) is 11.5. The predicted octanol–water partition coefficient (Wildman–Crippen LogP) is 8.79. The highest BCUT2D eigenvalue weighted by Crippen LogP contribution is 2.35. The molecule has 0 bridgehead atoms. The van der Waals surface area contributed by atoms with Crippen molar-refractivity contribution < 1.29 is 4.39 Å². The third-order valence-corrected chi connectivity index (χ3v) is 7.53. The van der Waals surface area contributed by atoms with Gasteiger partial charge in [-0.25, -0.2) is 14.4 Å². The minimum Gasteiger partial charge on any atom is -0.342 e. The molecule has 39 heavy (non-hydrogen) atoms. The zero-order valence-corrected chi connectivity index (χ0v) is 24.8. The number of hydrogen-bond donors (Lipinski definition) is 0. The lowest BCUT2D eigenvalue weighted by Gasteiger charge is -2.38. The molecule has 0 N–H and O–H groups in total. The van der Waals surface area contributed by atoms with E-state index in [4.69, 9.17) is 9.98 Å². The topological polar surface area (TPSA) is 31.2 Å². The lowest BCUT2D eigenvalue weighted by Crippen LogP contribution is -2.49. The number of rotatable bonds is 5. The van der Waals surface area contributed by atoms with Gasteiger partial charge in [0, 0.05) is 18.7 Å². The SMILES string of the molecule is CC(=Nc1c(C(C)C)cccc1C(C)C)N1CCCN(C(=Nc2c(C)cc(C)cc2C)c2ccc(F)cc2)C1. The molecule has 206 valence electrons. The molecule has 1 saturated heterocycles. The third kappa shape index (κ3) is 6.58. The summed E-state index contributed by atoms with van der Waals surface area (Å²) in [6, 6.07) is 17.6. The minimum absolute atomic E-state index is 0.242. The fraction of sp³-hybridized carbons (Fsp3) is 0.412. The van der Waals surface area contributed by atoms with Gasteiger partial charge in [-0.3, -0.25) is 0 Å². The van der Waals surface area contributed by atoms with Crippen LogP contribution in [0.4, 0.5) is 15.8 Å². The molecule has 0 saturated carbocycles. The Balaban J connectivity index is 1.73. The maximum Gasteiger partial charge on any atom is 0.137 e. The first-order valence-electron chi connectivity index (χ1n) is 14.2. The van der Waals surface area contributed by atoms with Crippen molar-refractivity contribution in [1.29, 1.82) is 0 Å². The van der Waals surface area contributed by atoms with Crippen LogP contribution in [-0.2, 0) is 0 Å². The van der Waals surface area contributed by atoms with E-state index in [0.717, 1.165) is 59.2 Å². The van der Waals surface area contributed by atoms with Crippen LogP contribution in [0, 0.1) is 26.6 Å². The Labute approximate surface area is 234 Å². The first-order valence-corrected chi connectivity index (χ1v) is 14.2. The second kappa shape index (κ2) is 12.1. The van der Waals surface area contributed by atoms with E-state index < -0.39 is 0 Å². The van der Waals surface area contributed by atoms with Crippen molar-refractivity contribution in [3.63, 3.8) is 0 Å². The van der Waals surface area contributed by atoms with Crippen LogP contribution < -0.4 is 0 Å². The summed E-state index contributed by atoms with van der Waals surface area (Å²) in [7, 11) is 0. The molecule has 0 aromatic heterocycles. The molecule has 0 aliphatic carbocycles. The lowest BCUT2D eigenvalue weighted by atomic mass is 9.93. The van der Waals surface area contributed by atoms with Gasteiger partial charge >= 0.3 is 0 Å². The Hall–Kier alpha value is -3.47. The van der Waals surface area contributed by atoms with Crippen molar-refractivity contribution in [2.75, 3.05) is 19.8 Å². The number of benzene rings is 3. The summed E-state index contributed by atoms with van der Waals surface area (Å²) in [5.41, 5.74) is 9.09. The molecule has 3 aromatic rings. The van der Waals surface area contributed by atoms with Gasteiger partial charge in [0.1, 0.15) is 17.5 Å². The molecule has 0 atom stereocenters. The number of para-hydroxylation sites is 1. The van der Waals surface area contributed by atoms with Crippen molar-refractivity contribution in [3.05, 3.63) is 93.8 Å². The van der Waals surface area contributed by atoms with Gasteiger partial charge < -0.3 is 9.80 Å². The van der Waals surface area contributed by atoms with Crippen LogP contribution in [0.5, 0.6) is 0 Å². The number of amidine groups is 2. The number of aliphatic imine (C=N–C) groups is 2. The Bertz CT molecular complexity index is 1320. The van der Waals surface area contributed by atoms with Crippen LogP contribution in [0.1, 0.15) is 86.3 Å². The maximum atomic E-state index is 13.9. The Morgan fingerprint density at radius 1 is 0.769 bits per heavy atom. The number of halogens is 1. The third-order valence-electron chi connectivity index (χ3n) is 7.53. The molecule has 4 nitrogen and oxygen atoms in total. The Kier molecular flexibility index (Phi) is 8.89. The first-order chi connectivity index (χ1) is 18.5. The van der Waals surface area contributed by atoms with Gasteiger partial charge in [0.15, 0.2) is 0 Å². The molecule has 0 spiro atoms. The van der Waals surface area contributed by atoms with Crippen molar-refractivity contribution in [1.82, 2.24) is 9.80 Å². The van der Waals surface area contributed by atoms with E-state index in [0.29, 0.717) is 18.5 Å². The summed E-state index contributed by atoms with van der Waals surface area (Å²) >= 11 is 0. The average Bonchev–Trinajstić information content (AvgIpc) is 2.89. The van der Waals surface area contributed by atoms with Gasteiger partial charge in [-0.2, -0.15) is 0 Å². The molecule has 0 amide bonds. The van der Waals surface area contributed by atoms with E-state index in [1.807, 2.05) is 12.1 Å². The molecular formula is C34H43FN4. The van der Waals surface area contributed by atoms with Gasteiger partial charge in [-0.05, 0) is 92.5 Å². The van der Waals surface area contributed by atoms with Gasteiger partial charge in [0.25, 0.3) is 0 Å². The van der Waals surface area contributed by atoms with Crippen molar-refractivity contribution >= 4 is 23.0 Å². The molecule has 0 unspecified atom stereocenters. The lowest BCUT2D eigenvalue weighted by molar-refractivity contribution is 0.212. The molecule has 4 rings (SSSR count). The average molecular weight is 527 g/mol. The van der Waals surface area contributed by atoms with Gasteiger partial charge in [-0.15, -0.1) is 0 Å². The number of hydrogen-bond acceptors (Lipinski definition) is 2. The summed E-state index contributed by atoms with van der Waals surface area (Å²) in [6.45, 7) is 19.9. The first kappa shape index (κ1) is 28.5. The Morgan fingerprint density at radius 3 is 1.90 bits per heavy atom. The smallest absolute Gasteiger partial charge is 0.137 e. The van der Waals surface area contributed by atoms with E-state index in [1.54, 1.807) is 0 Å². The fourth-order valence-corrected chi connectivity index (χ4v) is 5.48. The van der Waals surface area contributed by atoms with Crippen molar-refractivity contribution in [3.8, 4) is 0 Å². The Morgan fingerprint density at radius 2 is 1.33 bits per heavy atom. The van der Waals surface area contributed by atoms with Crippen LogP contribution >= 0.6 is 0 Å². The summed E-state index contributed by atoms with van der Waals surface area (Å²) in [5.74, 6) is 2.43. The molecule has 5 heteroatoms. The fourth-order valence-electron chi connectivity index (χ4n) is 5.48. The van der Waals surface area contributed by atoms with Crippen LogP contribution in [-0.4, -0.2) is 41.2 Å². The number of aryl methyl sites for hydroxylation is 3. The van der Waals surface area contributed by atoms with E-state index in [2.05, 4.69) is 95.5 Å². The summed E-state index contributed by atoms with van der Waals surface area (Å²) in [6.07, 6.45) is 0.988. The molecule has 1 fully saturated rings. The quantitative estimate of drug-likeness (QED) is 0.246. The molecule has 1 aliphatic heterocycles. The van der Waals surface area contributed by atoms with Crippen LogP contribution in [0.3, 0.4) is 0 Å². The normalized spacial score (nSPS) is 15.1. The molecular weight excluding hydrogens is 483 g/mol. The molecule has 1 heterocycles. The molecule has 0 radical (unpaired) electrons. The van der Waals surface area contributed by atoms with Crippen LogP contribution in [0.25, 0.3) is 0 Å². The largest absolute Gasteiger partial charge is 0.342 e. The van der Waals surface area contributed by atoms with E-state index >= 15 is 0 Å². The summed E-state index contributed by atoms with van der Waals surface area (Å²) < 4.78 is 13.9. The molecule has 1 aliphatic rings. The highest BCUT2D eigenvalue weighted by molar-refractivity contribution is 6.01. The second-order valence-electron chi connectivity index (χ2n) is 11.5. The zero-order valence-electron chi connectivity index (χ0n) is 24.8. The summed E-state index contributed by atoms with van der Waals surface area (Å²) in [4.78, 5) is 15.1.